The van der Waals surface area contributed by atoms with Gasteiger partial charge in [-0.25, -0.2) is 0 Å². The van der Waals surface area contributed by atoms with Crippen LogP contribution in [-0.4, -0.2) is 84.2 Å². The first kappa shape index (κ1) is 31.1. The van der Waals surface area contributed by atoms with Crippen molar-refractivity contribution in [3.63, 3.8) is 0 Å². The van der Waals surface area contributed by atoms with Gasteiger partial charge in [-0.1, -0.05) is 30.5 Å². The first-order chi connectivity index (χ1) is 20.5. The third-order valence-electron chi connectivity index (χ3n) is 9.85. The average Bonchev–Trinajstić information content (AvgIpc) is 3.65. The first-order valence-electron chi connectivity index (χ1n) is 15.2. The van der Waals surface area contributed by atoms with Crippen molar-refractivity contribution in [2.24, 2.45) is 16.7 Å². The third-order valence-corrected chi connectivity index (χ3v) is 10.2. The molecule has 2 amide bonds. The highest BCUT2D eigenvalue weighted by Gasteiger charge is 2.53. The Hall–Kier alpha value is -3.33. The van der Waals surface area contributed by atoms with Crippen molar-refractivity contribution >= 4 is 35.7 Å². The molecule has 10 heteroatoms. The van der Waals surface area contributed by atoms with Crippen LogP contribution in [0.15, 0.2) is 36.1 Å². The molecular formula is C33H42ClN3O6. The fourth-order valence-corrected chi connectivity index (χ4v) is 7.29. The largest absolute Gasteiger partial charge is 0.488 e. The maximum Gasteiger partial charge on any atom is 0.310 e. The van der Waals surface area contributed by atoms with Crippen molar-refractivity contribution in [2.75, 3.05) is 40.3 Å². The number of allylic oxidation sites excluding steroid dienone is 2. The van der Waals surface area contributed by atoms with Gasteiger partial charge in [-0.2, -0.15) is 0 Å². The third kappa shape index (κ3) is 6.33. The number of carbonyl (C=O) groups excluding carboxylic acids is 3. The number of ether oxygens (including phenoxy) is 1. The van der Waals surface area contributed by atoms with Crippen molar-refractivity contribution in [3.05, 3.63) is 52.2 Å². The number of amides is 2. The monoisotopic (exact) mass is 611 g/mol. The van der Waals surface area contributed by atoms with Crippen molar-refractivity contribution in [3.8, 4) is 5.75 Å². The Balaban J connectivity index is 1.51. The van der Waals surface area contributed by atoms with E-state index in [0.29, 0.717) is 55.1 Å². The zero-order valence-electron chi connectivity index (χ0n) is 25.3. The molecule has 1 aromatic carbocycles. The van der Waals surface area contributed by atoms with Crippen LogP contribution in [0.25, 0.3) is 0 Å². The minimum atomic E-state index is -1.15. The zero-order valence-corrected chi connectivity index (χ0v) is 26.1. The van der Waals surface area contributed by atoms with E-state index in [1.54, 1.807) is 36.1 Å². The van der Waals surface area contributed by atoms with E-state index in [-0.39, 0.29) is 30.4 Å². The summed E-state index contributed by atoms with van der Waals surface area (Å²) in [5.74, 6) is -1.23. The molecule has 0 bridgehead atoms. The minimum absolute atomic E-state index is 0.0154. The van der Waals surface area contributed by atoms with E-state index < -0.39 is 23.3 Å². The highest BCUT2D eigenvalue weighted by atomic mass is 35.5. The van der Waals surface area contributed by atoms with E-state index in [1.807, 2.05) is 30.1 Å². The Morgan fingerprint density at radius 3 is 2.63 bits per heavy atom. The number of aliphatic carboxylic acids is 1. The van der Waals surface area contributed by atoms with Crippen LogP contribution in [0.2, 0.25) is 5.02 Å². The summed E-state index contributed by atoms with van der Waals surface area (Å²) in [6, 6.07) is 2.97. The van der Waals surface area contributed by atoms with Crippen molar-refractivity contribution < 1.29 is 29.0 Å². The molecule has 2 heterocycles. The number of halogens is 1. The summed E-state index contributed by atoms with van der Waals surface area (Å²) in [7, 11) is 3.77. The van der Waals surface area contributed by atoms with E-state index in [4.69, 9.17) is 16.3 Å². The lowest BCUT2D eigenvalue weighted by molar-refractivity contribution is -0.162. The fourth-order valence-electron chi connectivity index (χ4n) is 7.03. The number of aldehydes is 1. The molecule has 1 N–H and O–H groups in total. The van der Waals surface area contributed by atoms with Crippen molar-refractivity contribution in [2.45, 2.75) is 64.3 Å². The molecule has 1 aromatic rings. The molecule has 1 saturated heterocycles. The Kier molecular flexibility index (Phi) is 8.93. The van der Waals surface area contributed by atoms with Gasteiger partial charge in [-0.05, 0) is 74.4 Å². The molecule has 5 rings (SSSR count). The van der Waals surface area contributed by atoms with Crippen LogP contribution in [-0.2, 0) is 25.6 Å². The number of likely N-dealkylation sites (tertiary alicyclic amines) is 1. The molecule has 0 aromatic heterocycles. The second-order valence-corrected chi connectivity index (χ2v) is 13.6. The number of rotatable bonds is 10. The zero-order chi connectivity index (χ0) is 30.9. The van der Waals surface area contributed by atoms with Gasteiger partial charge < -0.3 is 24.5 Å². The number of benzene rings is 1. The van der Waals surface area contributed by atoms with Crippen molar-refractivity contribution in [1.29, 1.82) is 0 Å². The lowest BCUT2D eigenvalue weighted by Gasteiger charge is -2.45. The molecule has 2 aliphatic heterocycles. The van der Waals surface area contributed by atoms with Gasteiger partial charge in [0.15, 0.2) is 0 Å². The van der Waals surface area contributed by atoms with E-state index in [9.17, 15) is 24.3 Å². The van der Waals surface area contributed by atoms with Gasteiger partial charge in [0.25, 0.3) is 0 Å². The van der Waals surface area contributed by atoms with Crippen molar-refractivity contribution in [1.82, 2.24) is 14.7 Å². The average molecular weight is 612 g/mol. The van der Waals surface area contributed by atoms with Crippen LogP contribution in [0, 0.1) is 16.7 Å². The van der Waals surface area contributed by atoms with Gasteiger partial charge in [0.05, 0.1) is 17.4 Å². The number of carboxylic acid groups (broad SMARTS) is 1. The standard InChI is InChI=1S/C33H42ClN3O6/c1-32(31(41)42)12-5-4-8-24(32)30(40)37-16-11-23-25(34)9-10-27(43-20-22(19-38)7-6-15-35(2)3)29(23)26(37)18-36-21-33(13-14-33)17-28(36)39/h6-7,9-10,15,19,24,26H,4-5,8,11-14,16-18,20-21H2,1-3H3,(H,41,42)/b15-6-,22-7+/t24?,26?,32-/m0/s1. The summed E-state index contributed by atoms with van der Waals surface area (Å²) in [5.41, 5.74) is 0.922. The normalized spacial score (nSPS) is 26.5. The van der Waals surface area contributed by atoms with Crippen LogP contribution in [0.1, 0.15) is 69.0 Å². The number of hydrogen-bond donors (Lipinski definition) is 1. The molecule has 43 heavy (non-hydrogen) atoms. The maximum absolute atomic E-state index is 14.4. The smallest absolute Gasteiger partial charge is 0.310 e. The molecule has 232 valence electrons. The van der Waals surface area contributed by atoms with Crippen LogP contribution in [0.4, 0.5) is 0 Å². The van der Waals surface area contributed by atoms with Gasteiger partial charge in [0.2, 0.25) is 11.8 Å². The second-order valence-electron chi connectivity index (χ2n) is 13.2. The molecule has 0 radical (unpaired) electrons. The van der Waals surface area contributed by atoms with E-state index >= 15 is 0 Å². The van der Waals surface area contributed by atoms with Crippen LogP contribution < -0.4 is 4.74 Å². The Bertz CT molecular complexity index is 1350. The van der Waals surface area contributed by atoms with Gasteiger partial charge >= 0.3 is 5.97 Å². The second kappa shape index (κ2) is 12.3. The van der Waals surface area contributed by atoms with Crippen LogP contribution >= 0.6 is 11.6 Å². The van der Waals surface area contributed by atoms with Gasteiger partial charge in [0.1, 0.15) is 18.6 Å². The highest BCUT2D eigenvalue weighted by Crippen LogP contribution is 2.54. The molecule has 2 aliphatic carbocycles. The Morgan fingerprint density at radius 2 is 1.98 bits per heavy atom. The van der Waals surface area contributed by atoms with Gasteiger partial charge in [-0.3, -0.25) is 19.2 Å². The molecule has 3 atom stereocenters. The fraction of sp³-hybridized carbons (Fsp3) is 0.576. The summed E-state index contributed by atoms with van der Waals surface area (Å²) in [6.07, 6.45) is 11.6. The SMILES string of the molecule is CN(C)/C=C\C=C(/C=O)COc1ccc(Cl)c2c1C(CN1CC3(CC3)CC1=O)N(C(=O)C1CCCC[C@]1(C)C(=O)O)CC2. The molecular weight excluding hydrogens is 570 g/mol. The van der Waals surface area contributed by atoms with E-state index in [0.717, 1.165) is 43.1 Å². The quantitative estimate of drug-likeness (QED) is 0.233. The lowest BCUT2D eigenvalue weighted by Crippen LogP contribution is -2.52. The molecule has 1 spiro atoms. The van der Waals surface area contributed by atoms with Gasteiger partial charge in [0, 0.05) is 56.3 Å². The van der Waals surface area contributed by atoms with Gasteiger partial charge in [-0.15, -0.1) is 0 Å². The summed E-state index contributed by atoms with van der Waals surface area (Å²) < 4.78 is 6.26. The molecule has 2 saturated carbocycles. The first-order valence-corrected chi connectivity index (χ1v) is 15.6. The molecule has 3 fully saturated rings. The molecule has 9 nitrogen and oxygen atoms in total. The number of fused-ring (bicyclic) bond motifs is 1. The van der Waals surface area contributed by atoms with E-state index in [1.165, 1.54) is 0 Å². The molecule has 4 aliphatic rings. The topological polar surface area (TPSA) is 107 Å². The number of hydrogen-bond acceptors (Lipinski definition) is 6. The summed E-state index contributed by atoms with van der Waals surface area (Å²) in [6.45, 7) is 3.01. The lowest BCUT2D eigenvalue weighted by atomic mass is 9.66. The van der Waals surface area contributed by atoms with E-state index in [2.05, 4.69) is 0 Å². The highest BCUT2D eigenvalue weighted by molar-refractivity contribution is 6.31. The number of carbonyl (C=O) groups is 4. The number of carboxylic acids is 1. The predicted molar refractivity (Wildman–Crippen MR) is 163 cm³/mol. The summed E-state index contributed by atoms with van der Waals surface area (Å²) in [4.78, 5) is 57.3. The summed E-state index contributed by atoms with van der Waals surface area (Å²) in [5, 5.41) is 10.7. The van der Waals surface area contributed by atoms with Crippen LogP contribution in [0.5, 0.6) is 5.75 Å². The Labute approximate surface area is 258 Å². The number of nitrogens with zero attached hydrogens (tertiary/aromatic N) is 3. The van der Waals surface area contributed by atoms with Crippen LogP contribution in [0.3, 0.4) is 0 Å². The molecule has 2 unspecified atom stereocenters. The Morgan fingerprint density at radius 1 is 1.21 bits per heavy atom. The minimum Gasteiger partial charge on any atom is -0.488 e. The predicted octanol–water partition coefficient (Wildman–Crippen LogP) is 4.64. The summed E-state index contributed by atoms with van der Waals surface area (Å²) >= 11 is 6.73. The maximum atomic E-state index is 14.4.